The highest BCUT2D eigenvalue weighted by Gasteiger charge is 2.12. The summed E-state index contributed by atoms with van der Waals surface area (Å²) in [6.07, 6.45) is 1.61. The summed E-state index contributed by atoms with van der Waals surface area (Å²) in [6, 6.07) is 20.2. The normalized spacial score (nSPS) is 11.0. The topological polar surface area (TPSA) is 68.3 Å². The molecule has 0 saturated heterocycles. The van der Waals surface area contributed by atoms with Gasteiger partial charge in [0.05, 0.1) is 17.3 Å². The van der Waals surface area contributed by atoms with Gasteiger partial charge in [-0.05, 0) is 59.4 Å². The fourth-order valence-electron chi connectivity index (χ4n) is 3.62. The van der Waals surface area contributed by atoms with E-state index in [0.29, 0.717) is 6.61 Å². The number of nitrogens with one attached hydrogen (secondary N) is 2. The van der Waals surface area contributed by atoms with Crippen molar-refractivity contribution in [1.82, 2.24) is 15.3 Å². The Hall–Kier alpha value is -3.46. The van der Waals surface area contributed by atoms with Crippen LogP contribution in [0.1, 0.15) is 18.1 Å². The van der Waals surface area contributed by atoms with Gasteiger partial charge in [-0.25, -0.2) is 9.97 Å². The monoisotopic (exact) mass is 502 g/mol. The van der Waals surface area contributed by atoms with Gasteiger partial charge in [0.1, 0.15) is 24.4 Å². The van der Waals surface area contributed by atoms with Gasteiger partial charge in [-0.1, -0.05) is 25.1 Å². The molecular formula is C27H26N4O2S2. The fraction of sp³-hybridized carbons (Fsp3) is 0.185. The third kappa shape index (κ3) is 5.62. The smallest absolute Gasteiger partial charge is 0.151 e. The van der Waals surface area contributed by atoms with E-state index in [9.17, 15) is 0 Å². The molecule has 0 unspecified atom stereocenters. The number of nitrogens with zero attached hydrogens (tertiary/aromatic N) is 2. The van der Waals surface area contributed by atoms with Crippen LogP contribution in [0.3, 0.4) is 0 Å². The Balaban J connectivity index is 1.31. The molecule has 5 rings (SSSR count). The van der Waals surface area contributed by atoms with Crippen molar-refractivity contribution < 1.29 is 9.47 Å². The Kier molecular flexibility index (Phi) is 7.23. The van der Waals surface area contributed by atoms with Crippen molar-refractivity contribution in [3.63, 3.8) is 0 Å². The van der Waals surface area contributed by atoms with E-state index < -0.39 is 0 Å². The van der Waals surface area contributed by atoms with Crippen LogP contribution in [-0.4, -0.2) is 23.6 Å². The molecule has 0 spiro atoms. The zero-order valence-electron chi connectivity index (χ0n) is 19.6. The van der Waals surface area contributed by atoms with Gasteiger partial charge in [0.2, 0.25) is 0 Å². The largest absolute Gasteiger partial charge is 0.497 e. The van der Waals surface area contributed by atoms with Crippen LogP contribution in [0.5, 0.6) is 11.5 Å². The standard InChI is InChI=1S/C27H26N4O2S2/c1-3-28-14-19-11-24(34-16-19)25-13-23-26(35-25)27(30-17-29-23)31-20-5-4-6-22(12-20)33-15-18-7-9-21(32-2)10-8-18/h4-13,16-17,28H,3,14-15H2,1-2H3,(H,29,30,31). The highest BCUT2D eigenvalue weighted by molar-refractivity contribution is 7.26. The first-order valence-corrected chi connectivity index (χ1v) is 13.1. The van der Waals surface area contributed by atoms with E-state index in [-0.39, 0.29) is 0 Å². The Morgan fingerprint density at radius 3 is 2.63 bits per heavy atom. The van der Waals surface area contributed by atoms with Crippen LogP contribution in [0.15, 0.2) is 72.4 Å². The molecule has 6 nitrogen and oxygen atoms in total. The van der Waals surface area contributed by atoms with Crippen LogP contribution in [0.4, 0.5) is 11.5 Å². The highest BCUT2D eigenvalue weighted by atomic mass is 32.1. The quantitative estimate of drug-likeness (QED) is 0.217. The number of aromatic nitrogens is 2. The average molecular weight is 503 g/mol. The number of rotatable bonds is 10. The van der Waals surface area contributed by atoms with Crippen LogP contribution in [0.2, 0.25) is 0 Å². The first kappa shape index (κ1) is 23.3. The van der Waals surface area contributed by atoms with Gasteiger partial charge in [0, 0.05) is 28.1 Å². The molecule has 0 fully saturated rings. The van der Waals surface area contributed by atoms with Crippen LogP contribution in [-0.2, 0) is 13.2 Å². The van der Waals surface area contributed by atoms with Gasteiger partial charge in [-0.3, -0.25) is 0 Å². The predicted molar refractivity (Wildman–Crippen MR) is 145 cm³/mol. The number of anilines is 2. The van der Waals surface area contributed by atoms with Crippen molar-refractivity contribution in [1.29, 1.82) is 0 Å². The van der Waals surface area contributed by atoms with E-state index in [2.05, 4.69) is 45.0 Å². The minimum absolute atomic E-state index is 0.482. The maximum Gasteiger partial charge on any atom is 0.151 e. The van der Waals surface area contributed by atoms with E-state index in [1.54, 1.807) is 36.1 Å². The van der Waals surface area contributed by atoms with E-state index in [0.717, 1.165) is 51.9 Å². The molecule has 178 valence electrons. The molecule has 0 atom stereocenters. The molecule has 0 saturated carbocycles. The minimum atomic E-state index is 0.482. The molecule has 0 aliphatic rings. The van der Waals surface area contributed by atoms with Crippen molar-refractivity contribution in [3.05, 3.63) is 83.5 Å². The Morgan fingerprint density at radius 2 is 1.80 bits per heavy atom. The summed E-state index contributed by atoms with van der Waals surface area (Å²) < 4.78 is 12.3. The SMILES string of the molecule is CCNCc1csc(-c2cc3ncnc(Nc4cccc(OCc5ccc(OC)cc5)c4)c3s2)c1. The van der Waals surface area contributed by atoms with Gasteiger partial charge in [0.25, 0.3) is 0 Å². The van der Waals surface area contributed by atoms with Crippen molar-refractivity contribution in [2.75, 3.05) is 19.0 Å². The molecule has 5 aromatic rings. The number of methoxy groups -OCH3 is 1. The summed E-state index contributed by atoms with van der Waals surface area (Å²) >= 11 is 3.47. The van der Waals surface area contributed by atoms with E-state index in [4.69, 9.17) is 9.47 Å². The fourth-order valence-corrected chi connectivity index (χ4v) is 5.68. The maximum absolute atomic E-state index is 6.01. The molecule has 3 aromatic heterocycles. The Labute approximate surface area is 212 Å². The maximum atomic E-state index is 6.01. The second-order valence-corrected chi connectivity index (χ2v) is 9.90. The second kappa shape index (κ2) is 10.9. The molecule has 8 heteroatoms. The second-order valence-electron chi connectivity index (χ2n) is 7.94. The van der Waals surface area contributed by atoms with Crippen LogP contribution in [0.25, 0.3) is 20.0 Å². The summed E-state index contributed by atoms with van der Waals surface area (Å²) in [7, 11) is 1.66. The van der Waals surface area contributed by atoms with Crippen LogP contribution >= 0.6 is 22.7 Å². The van der Waals surface area contributed by atoms with Crippen LogP contribution < -0.4 is 20.1 Å². The van der Waals surface area contributed by atoms with E-state index >= 15 is 0 Å². The number of thiophene rings is 2. The molecule has 2 aromatic carbocycles. The Bertz CT molecular complexity index is 1410. The molecular weight excluding hydrogens is 476 g/mol. The number of fused-ring (bicyclic) bond motifs is 1. The molecule has 0 aliphatic heterocycles. The molecule has 0 aliphatic carbocycles. The summed E-state index contributed by atoms with van der Waals surface area (Å²) in [5.41, 5.74) is 4.24. The lowest BCUT2D eigenvalue weighted by atomic mass is 10.2. The molecule has 0 radical (unpaired) electrons. The van der Waals surface area contributed by atoms with Gasteiger partial charge in [0.15, 0.2) is 5.82 Å². The minimum Gasteiger partial charge on any atom is -0.497 e. The predicted octanol–water partition coefficient (Wildman–Crippen LogP) is 6.86. The third-order valence-corrected chi connectivity index (χ3v) is 7.75. The molecule has 0 bridgehead atoms. The summed E-state index contributed by atoms with van der Waals surface area (Å²) in [5, 5.41) is 9.05. The lowest BCUT2D eigenvalue weighted by molar-refractivity contribution is 0.306. The molecule has 0 amide bonds. The van der Waals surface area contributed by atoms with Gasteiger partial charge >= 0.3 is 0 Å². The molecule has 2 N–H and O–H groups in total. The van der Waals surface area contributed by atoms with Gasteiger partial charge in [-0.15, -0.1) is 22.7 Å². The highest BCUT2D eigenvalue weighted by Crippen LogP contribution is 2.39. The Morgan fingerprint density at radius 1 is 0.914 bits per heavy atom. The first-order valence-electron chi connectivity index (χ1n) is 11.4. The molecule has 35 heavy (non-hydrogen) atoms. The molecule has 3 heterocycles. The van der Waals surface area contributed by atoms with E-state index in [1.807, 2.05) is 48.5 Å². The van der Waals surface area contributed by atoms with Gasteiger partial charge in [-0.2, -0.15) is 0 Å². The zero-order valence-corrected chi connectivity index (χ0v) is 21.2. The van der Waals surface area contributed by atoms with Crippen molar-refractivity contribution >= 4 is 44.4 Å². The lowest BCUT2D eigenvalue weighted by Gasteiger charge is -2.10. The van der Waals surface area contributed by atoms with Crippen LogP contribution in [0, 0.1) is 0 Å². The van der Waals surface area contributed by atoms with E-state index in [1.165, 1.54) is 15.3 Å². The zero-order chi connectivity index (χ0) is 24.0. The first-order chi connectivity index (χ1) is 17.2. The summed E-state index contributed by atoms with van der Waals surface area (Å²) in [6.45, 7) is 4.46. The lowest BCUT2D eigenvalue weighted by Crippen LogP contribution is -2.10. The van der Waals surface area contributed by atoms with Crippen molar-refractivity contribution in [3.8, 4) is 21.3 Å². The van der Waals surface area contributed by atoms with Crippen molar-refractivity contribution in [2.45, 2.75) is 20.1 Å². The van der Waals surface area contributed by atoms with Gasteiger partial charge < -0.3 is 20.1 Å². The number of benzene rings is 2. The van der Waals surface area contributed by atoms with Crippen molar-refractivity contribution in [2.24, 2.45) is 0 Å². The average Bonchev–Trinajstić information content (AvgIpc) is 3.54. The number of hydrogen-bond donors (Lipinski definition) is 2. The number of ether oxygens (including phenoxy) is 2. The number of hydrogen-bond acceptors (Lipinski definition) is 8. The summed E-state index contributed by atoms with van der Waals surface area (Å²) in [5.74, 6) is 2.42. The third-order valence-electron chi connectivity index (χ3n) is 5.45. The summed E-state index contributed by atoms with van der Waals surface area (Å²) in [4.78, 5) is 11.5.